The van der Waals surface area contributed by atoms with Gasteiger partial charge < -0.3 is 9.13 Å². The van der Waals surface area contributed by atoms with Crippen LogP contribution < -0.4 is 0 Å². The van der Waals surface area contributed by atoms with E-state index in [2.05, 4.69) is 118 Å². The summed E-state index contributed by atoms with van der Waals surface area (Å²) in [5.41, 5.74) is 10.7. The van der Waals surface area contributed by atoms with E-state index in [4.69, 9.17) is 0 Å². The van der Waals surface area contributed by atoms with Crippen LogP contribution >= 0.6 is 0 Å². The number of hydrogen-bond donors (Lipinski definition) is 0. The zero-order chi connectivity index (χ0) is 32.2. The van der Waals surface area contributed by atoms with Gasteiger partial charge in [-0.05, 0) is 48.0 Å². The van der Waals surface area contributed by atoms with Gasteiger partial charge in [0, 0.05) is 43.9 Å². The second-order valence-corrected chi connectivity index (χ2v) is 11.9. The number of fused-ring (bicyclic) bond motifs is 6. The molecule has 0 radical (unpaired) electrons. The van der Waals surface area contributed by atoms with E-state index in [9.17, 15) is 10.5 Å². The fraction of sp³-hybridized carbons (Fsp3) is 0. The fourth-order valence-electron chi connectivity index (χ4n) is 7.38. The molecule has 0 aliphatic carbocycles. The molecule has 0 saturated heterocycles. The predicted octanol–water partition coefficient (Wildman–Crippen LogP) is 11.0. The Balaban J connectivity index is 1.23. The SMILES string of the molecule is N#Cc1cccc(-c2cccc(-c3ccc(-n4c5ccccc5c5ccccc54)cc3)c2C#N)c1-n1c2ccccc2c2ccccc21. The minimum atomic E-state index is 0.545. The van der Waals surface area contributed by atoms with Gasteiger partial charge in [-0.3, -0.25) is 0 Å². The Morgan fingerprint density at radius 2 is 0.833 bits per heavy atom. The summed E-state index contributed by atoms with van der Waals surface area (Å²) >= 11 is 0. The molecule has 0 bridgehead atoms. The van der Waals surface area contributed by atoms with E-state index in [0.717, 1.165) is 66.5 Å². The highest BCUT2D eigenvalue weighted by Gasteiger charge is 2.21. The summed E-state index contributed by atoms with van der Waals surface area (Å²) in [5.74, 6) is 0. The van der Waals surface area contributed by atoms with Crippen LogP contribution in [0.5, 0.6) is 0 Å². The van der Waals surface area contributed by atoms with Gasteiger partial charge >= 0.3 is 0 Å². The van der Waals surface area contributed by atoms with Crippen molar-refractivity contribution in [2.45, 2.75) is 0 Å². The van der Waals surface area contributed by atoms with Crippen LogP contribution in [0.1, 0.15) is 11.1 Å². The van der Waals surface area contributed by atoms with Crippen LogP contribution in [-0.2, 0) is 0 Å². The molecule has 0 atom stereocenters. The maximum absolute atomic E-state index is 10.7. The Bertz CT molecular complexity index is 2690. The van der Waals surface area contributed by atoms with Gasteiger partial charge in [0.15, 0.2) is 0 Å². The highest BCUT2D eigenvalue weighted by molar-refractivity contribution is 6.11. The van der Waals surface area contributed by atoms with E-state index in [1.54, 1.807) is 0 Å². The first-order chi connectivity index (χ1) is 23.8. The molecule has 4 nitrogen and oxygen atoms in total. The summed E-state index contributed by atoms with van der Waals surface area (Å²) in [6.07, 6.45) is 0. The van der Waals surface area contributed by atoms with Crippen molar-refractivity contribution in [1.29, 1.82) is 10.5 Å². The normalized spacial score (nSPS) is 11.3. The van der Waals surface area contributed by atoms with Gasteiger partial charge in [-0.1, -0.05) is 115 Å². The average molecular weight is 611 g/mol. The van der Waals surface area contributed by atoms with Crippen molar-refractivity contribution >= 4 is 43.6 Å². The number of hydrogen-bond acceptors (Lipinski definition) is 2. The molecule has 0 fully saturated rings. The second-order valence-electron chi connectivity index (χ2n) is 11.9. The van der Waals surface area contributed by atoms with Gasteiger partial charge in [0.2, 0.25) is 0 Å². The summed E-state index contributed by atoms with van der Waals surface area (Å²) in [6.45, 7) is 0. The largest absolute Gasteiger partial charge is 0.309 e. The summed E-state index contributed by atoms with van der Waals surface area (Å²) in [4.78, 5) is 0. The van der Waals surface area contributed by atoms with E-state index in [1.165, 1.54) is 10.8 Å². The molecule has 0 aliphatic heterocycles. The van der Waals surface area contributed by atoms with E-state index >= 15 is 0 Å². The molecule has 222 valence electrons. The van der Waals surface area contributed by atoms with E-state index in [-0.39, 0.29) is 0 Å². The molecule has 0 amide bonds. The number of rotatable bonds is 4. The third-order valence-electron chi connectivity index (χ3n) is 9.44. The highest BCUT2D eigenvalue weighted by atomic mass is 15.0. The topological polar surface area (TPSA) is 57.4 Å². The molecule has 0 spiro atoms. The molecule has 2 aromatic heterocycles. The highest BCUT2D eigenvalue weighted by Crippen LogP contribution is 2.41. The van der Waals surface area contributed by atoms with Crippen molar-refractivity contribution in [3.8, 4) is 45.8 Å². The lowest BCUT2D eigenvalue weighted by atomic mass is 9.90. The van der Waals surface area contributed by atoms with Gasteiger partial charge in [0.25, 0.3) is 0 Å². The molecule has 0 unspecified atom stereocenters. The minimum absolute atomic E-state index is 0.545. The molecule has 9 rings (SSSR count). The standard InChI is InChI=1S/C44H26N4/c45-27-30-11-9-18-38(44(30)48-42-21-7-3-14-36(42)37-15-4-8-22-43(37)48)33-17-10-16-32(39(33)28-46)29-23-25-31(26-24-29)47-40-19-5-1-12-34(40)35-13-2-6-20-41(35)47/h1-26H. The first-order valence-electron chi connectivity index (χ1n) is 15.9. The van der Waals surface area contributed by atoms with Crippen LogP contribution in [0.2, 0.25) is 0 Å². The summed E-state index contributed by atoms with van der Waals surface area (Å²) in [7, 11) is 0. The molecule has 2 heterocycles. The molecular weight excluding hydrogens is 585 g/mol. The zero-order valence-corrected chi connectivity index (χ0v) is 25.8. The number of nitriles is 2. The Kier molecular flexibility index (Phi) is 6.22. The first-order valence-corrected chi connectivity index (χ1v) is 15.9. The quantitative estimate of drug-likeness (QED) is 0.199. The van der Waals surface area contributed by atoms with Crippen molar-refractivity contribution in [1.82, 2.24) is 9.13 Å². The average Bonchev–Trinajstić information content (AvgIpc) is 3.67. The molecular formula is C44H26N4. The van der Waals surface area contributed by atoms with Crippen molar-refractivity contribution < 1.29 is 0 Å². The van der Waals surface area contributed by atoms with Crippen LogP contribution in [0.15, 0.2) is 158 Å². The molecule has 4 heteroatoms. The molecule has 0 saturated carbocycles. The zero-order valence-electron chi connectivity index (χ0n) is 25.8. The molecule has 7 aromatic carbocycles. The number of nitrogens with zero attached hydrogens (tertiary/aromatic N) is 4. The smallest absolute Gasteiger partial charge is 0.101 e. The molecule has 48 heavy (non-hydrogen) atoms. The fourth-order valence-corrected chi connectivity index (χ4v) is 7.38. The molecule has 0 aliphatic rings. The van der Waals surface area contributed by atoms with Crippen LogP contribution in [0.25, 0.3) is 77.2 Å². The monoisotopic (exact) mass is 610 g/mol. The Morgan fingerprint density at radius 1 is 0.375 bits per heavy atom. The van der Waals surface area contributed by atoms with Gasteiger partial charge in [-0.15, -0.1) is 0 Å². The van der Waals surface area contributed by atoms with Gasteiger partial charge in [0.05, 0.1) is 38.9 Å². The summed E-state index contributed by atoms with van der Waals surface area (Å²) in [5, 5.41) is 25.8. The number of benzene rings is 7. The lowest BCUT2D eigenvalue weighted by Gasteiger charge is -2.18. The number of aromatic nitrogens is 2. The molecule has 9 aromatic rings. The third kappa shape index (κ3) is 4.01. The minimum Gasteiger partial charge on any atom is -0.309 e. The predicted molar refractivity (Wildman–Crippen MR) is 195 cm³/mol. The van der Waals surface area contributed by atoms with Crippen LogP contribution in [0.3, 0.4) is 0 Å². The van der Waals surface area contributed by atoms with Gasteiger partial charge in [0.1, 0.15) is 12.1 Å². The Labute approximate surface area is 277 Å². The number of para-hydroxylation sites is 5. The van der Waals surface area contributed by atoms with Crippen molar-refractivity contribution in [3.63, 3.8) is 0 Å². The lowest BCUT2D eigenvalue weighted by Crippen LogP contribution is -2.02. The van der Waals surface area contributed by atoms with E-state index in [1.807, 2.05) is 60.7 Å². The maximum Gasteiger partial charge on any atom is 0.101 e. The van der Waals surface area contributed by atoms with Crippen molar-refractivity contribution in [3.05, 3.63) is 169 Å². The first kappa shape index (κ1) is 27.4. The Hall–Kier alpha value is -6.88. The van der Waals surface area contributed by atoms with E-state index < -0.39 is 0 Å². The summed E-state index contributed by atoms with van der Waals surface area (Å²) < 4.78 is 4.47. The van der Waals surface area contributed by atoms with Crippen molar-refractivity contribution in [2.24, 2.45) is 0 Å². The second kappa shape index (κ2) is 10.9. The third-order valence-corrected chi connectivity index (χ3v) is 9.44. The van der Waals surface area contributed by atoms with Crippen molar-refractivity contribution in [2.75, 3.05) is 0 Å². The lowest BCUT2D eigenvalue weighted by molar-refractivity contribution is 1.17. The van der Waals surface area contributed by atoms with Gasteiger partial charge in [-0.25, -0.2) is 0 Å². The Morgan fingerprint density at radius 3 is 1.35 bits per heavy atom. The van der Waals surface area contributed by atoms with Crippen LogP contribution in [0, 0.1) is 22.7 Å². The maximum atomic E-state index is 10.7. The van der Waals surface area contributed by atoms with Crippen LogP contribution in [-0.4, -0.2) is 9.13 Å². The molecule has 0 N–H and O–H groups in total. The van der Waals surface area contributed by atoms with Crippen LogP contribution in [0.4, 0.5) is 0 Å². The van der Waals surface area contributed by atoms with E-state index in [0.29, 0.717) is 11.1 Å². The van der Waals surface area contributed by atoms with Gasteiger partial charge in [-0.2, -0.15) is 10.5 Å². The summed E-state index contributed by atoms with van der Waals surface area (Å²) in [6, 6.07) is 58.7.